The predicted molar refractivity (Wildman–Crippen MR) is 138 cm³/mol. The molecule has 3 aromatic rings. The third-order valence-electron chi connectivity index (χ3n) is 4.94. The Kier molecular flexibility index (Phi) is 7.61. The van der Waals surface area contributed by atoms with Gasteiger partial charge in [0.1, 0.15) is 17.1 Å². The van der Waals surface area contributed by atoms with Crippen LogP contribution in [0.5, 0.6) is 5.75 Å². The summed E-state index contributed by atoms with van der Waals surface area (Å²) in [6.45, 7) is -0.304. The first-order valence-electron chi connectivity index (χ1n) is 10.4. The number of amides is 5. The fourth-order valence-electron chi connectivity index (χ4n) is 3.25. The van der Waals surface area contributed by atoms with Gasteiger partial charge in [-0.15, -0.1) is 0 Å². The highest BCUT2D eigenvalue weighted by molar-refractivity contribution is 9.10. The van der Waals surface area contributed by atoms with Gasteiger partial charge in [0.2, 0.25) is 0 Å². The second-order valence-electron chi connectivity index (χ2n) is 7.47. The summed E-state index contributed by atoms with van der Waals surface area (Å²) in [5, 5.41) is 4.76. The van der Waals surface area contributed by atoms with Gasteiger partial charge in [0.15, 0.2) is 6.61 Å². The summed E-state index contributed by atoms with van der Waals surface area (Å²) in [5.74, 6) is -2.09. The minimum Gasteiger partial charge on any atom is -0.483 e. The number of nitrogens with zero attached hydrogens (tertiary/aromatic N) is 1. The first kappa shape index (κ1) is 25.3. The van der Waals surface area contributed by atoms with Crippen LogP contribution in [0.4, 0.5) is 20.6 Å². The number of ether oxygens (including phenoxy) is 1. The molecule has 11 heteroatoms. The number of imide groups is 2. The van der Waals surface area contributed by atoms with E-state index in [-0.39, 0.29) is 12.2 Å². The normalized spacial score (nSPS) is 14.6. The molecule has 2 N–H and O–H groups in total. The molecule has 1 saturated heterocycles. The molecule has 0 spiro atoms. The molecule has 0 aliphatic carbocycles. The van der Waals surface area contributed by atoms with Gasteiger partial charge in [0.05, 0.1) is 10.2 Å². The number of nitrogens with one attached hydrogen (secondary N) is 2. The number of hydrogen-bond donors (Lipinski definition) is 2. The molecule has 1 heterocycles. The van der Waals surface area contributed by atoms with Crippen LogP contribution < -0.4 is 20.3 Å². The maximum Gasteiger partial charge on any atom is 0.335 e. The minimum atomic E-state index is -0.840. The van der Waals surface area contributed by atoms with Crippen LogP contribution in [0.15, 0.2) is 81.2 Å². The van der Waals surface area contributed by atoms with Crippen LogP contribution in [0.3, 0.4) is 0 Å². The van der Waals surface area contributed by atoms with E-state index in [4.69, 9.17) is 4.74 Å². The van der Waals surface area contributed by atoms with Crippen molar-refractivity contribution < 1.29 is 28.3 Å². The van der Waals surface area contributed by atoms with Crippen molar-refractivity contribution in [3.05, 3.63) is 92.6 Å². The van der Waals surface area contributed by atoms with Crippen molar-refractivity contribution in [1.82, 2.24) is 5.32 Å². The highest BCUT2D eigenvalue weighted by Crippen LogP contribution is 2.28. The van der Waals surface area contributed by atoms with Crippen molar-refractivity contribution >= 4 is 73.1 Å². The number of anilines is 2. The van der Waals surface area contributed by atoms with E-state index in [1.54, 1.807) is 42.5 Å². The lowest BCUT2D eigenvalue weighted by Crippen LogP contribution is -2.54. The summed E-state index contributed by atoms with van der Waals surface area (Å²) in [4.78, 5) is 50.7. The van der Waals surface area contributed by atoms with E-state index in [0.29, 0.717) is 27.2 Å². The number of halogens is 3. The van der Waals surface area contributed by atoms with Crippen LogP contribution in [-0.2, 0) is 14.4 Å². The molecule has 1 aliphatic heterocycles. The van der Waals surface area contributed by atoms with Gasteiger partial charge in [-0.2, -0.15) is 0 Å². The lowest BCUT2D eigenvalue weighted by Gasteiger charge is -2.26. The largest absolute Gasteiger partial charge is 0.483 e. The van der Waals surface area contributed by atoms with Crippen LogP contribution in [0.2, 0.25) is 0 Å². The van der Waals surface area contributed by atoms with E-state index < -0.39 is 29.6 Å². The standard InChI is InChI=1S/C25H16Br2FN3O5/c26-15-2-8-18(9-3-15)31-24(34)19(23(33)30-25(31)35)11-14-1-10-21(20(27)12-14)36-13-22(32)29-17-6-4-16(28)5-7-17/h1-12H,13H2,(H,29,32)(H,30,33,35)/b19-11+. The average Bonchev–Trinajstić information content (AvgIpc) is 2.84. The van der Waals surface area contributed by atoms with Crippen LogP contribution in [-0.4, -0.2) is 30.4 Å². The van der Waals surface area contributed by atoms with Crippen molar-refractivity contribution in [2.45, 2.75) is 0 Å². The predicted octanol–water partition coefficient (Wildman–Crippen LogP) is 5.03. The summed E-state index contributed by atoms with van der Waals surface area (Å²) in [7, 11) is 0. The molecule has 0 aromatic heterocycles. The summed E-state index contributed by atoms with van der Waals surface area (Å²) in [6, 6.07) is 15.7. The molecule has 1 aliphatic rings. The summed E-state index contributed by atoms with van der Waals surface area (Å²) >= 11 is 6.65. The number of carbonyl (C=O) groups excluding carboxylic acids is 4. The molecule has 4 rings (SSSR count). The molecular formula is C25H16Br2FN3O5. The Morgan fingerprint density at radius 2 is 1.69 bits per heavy atom. The third-order valence-corrected chi connectivity index (χ3v) is 6.09. The summed E-state index contributed by atoms with van der Waals surface area (Å²) < 4.78 is 19.7. The fraction of sp³-hybridized carbons (Fsp3) is 0.0400. The van der Waals surface area contributed by atoms with Gasteiger partial charge < -0.3 is 10.1 Å². The number of hydrogen-bond acceptors (Lipinski definition) is 5. The Labute approximate surface area is 221 Å². The van der Waals surface area contributed by atoms with E-state index in [9.17, 15) is 23.6 Å². The first-order chi connectivity index (χ1) is 17.2. The van der Waals surface area contributed by atoms with Crippen LogP contribution >= 0.6 is 31.9 Å². The zero-order chi connectivity index (χ0) is 25.8. The van der Waals surface area contributed by atoms with E-state index in [0.717, 1.165) is 9.37 Å². The number of urea groups is 1. The first-order valence-corrected chi connectivity index (χ1v) is 11.9. The second kappa shape index (κ2) is 10.8. The minimum absolute atomic E-state index is 0.225. The maximum atomic E-state index is 13.0. The van der Waals surface area contributed by atoms with E-state index >= 15 is 0 Å². The van der Waals surface area contributed by atoms with Crippen molar-refractivity contribution in [1.29, 1.82) is 0 Å². The van der Waals surface area contributed by atoms with Gasteiger partial charge in [0.25, 0.3) is 17.7 Å². The topological polar surface area (TPSA) is 105 Å². The van der Waals surface area contributed by atoms with Crippen LogP contribution in [0, 0.1) is 5.82 Å². The van der Waals surface area contributed by atoms with Gasteiger partial charge in [-0.3, -0.25) is 19.7 Å². The molecule has 36 heavy (non-hydrogen) atoms. The summed E-state index contributed by atoms with van der Waals surface area (Å²) in [5.41, 5.74) is 0.991. The Morgan fingerprint density at radius 3 is 2.36 bits per heavy atom. The van der Waals surface area contributed by atoms with Crippen LogP contribution in [0.1, 0.15) is 5.56 Å². The Balaban J connectivity index is 1.47. The van der Waals surface area contributed by atoms with Gasteiger partial charge in [-0.05, 0) is 88.2 Å². The molecular weight excluding hydrogens is 601 g/mol. The quantitative estimate of drug-likeness (QED) is 0.298. The molecule has 0 atom stereocenters. The highest BCUT2D eigenvalue weighted by Gasteiger charge is 2.36. The molecule has 0 saturated carbocycles. The molecule has 5 amide bonds. The summed E-state index contributed by atoms with van der Waals surface area (Å²) in [6.07, 6.45) is 1.35. The zero-order valence-electron chi connectivity index (χ0n) is 18.3. The van der Waals surface area contributed by atoms with Crippen molar-refractivity contribution in [3.63, 3.8) is 0 Å². The maximum absolute atomic E-state index is 13.0. The monoisotopic (exact) mass is 615 g/mol. The Hall–Kier alpha value is -3.83. The number of barbiturate groups is 1. The third kappa shape index (κ3) is 5.86. The lowest BCUT2D eigenvalue weighted by atomic mass is 10.1. The SMILES string of the molecule is O=C(COc1ccc(/C=C2\C(=O)NC(=O)N(c3ccc(Br)cc3)C2=O)cc1Br)Nc1ccc(F)cc1. The van der Waals surface area contributed by atoms with E-state index in [2.05, 4.69) is 42.5 Å². The van der Waals surface area contributed by atoms with Gasteiger partial charge in [0, 0.05) is 10.2 Å². The zero-order valence-corrected chi connectivity index (χ0v) is 21.4. The lowest BCUT2D eigenvalue weighted by molar-refractivity contribution is -0.122. The highest BCUT2D eigenvalue weighted by atomic mass is 79.9. The molecule has 182 valence electrons. The van der Waals surface area contributed by atoms with Crippen LogP contribution in [0.25, 0.3) is 6.08 Å². The van der Waals surface area contributed by atoms with Gasteiger partial charge in [-0.1, -0.05) is 22.0 Å². The molecule has 0 unspecified atom stereocenters. The number of carbonyl (C=O) groups is 4. The molecule has 8 nitrogen and oxygen atoms in total. The van der Waals surface area contributed by atoms with Gasteiger partial charge in [-0.25, -0.2) is 14.1 Å². The molecule has 1 fully saturated rings. The second-order valence-corrected chi connectivity index (χ2v) is 9.24. The van der Waals surface area contributed by atoms with E-state index in [1.165, 1.54) is 30.3 Å². The Morgan fingerprint density at radius 1 is 1.00 bits per heavy atom. The van der Waals surface area contributed by atoms with Gasteiger partial charge >= 0.3 is 6.03 Å². The molecule has 0 bridgehead atoms. The number of rotatable bonds is 6. The van der Waals surface area contributed by atoms with Crippen molar-refractivity contribution in [2.75, 3.05) is 16.8 Å². The van der Waals surface area contributed by atoms with Crippen molar-refractivity contribution in [3.8, 4) is 5.75 Å². The average molecular weight is 617 g/mol. The molecule has 3 aromatic carbocycles. The van der Waals surface area contributed by atoms with E-state index in [1.807, 2.05) is 0 Å². The van der Waals surface area contributed by atoms with Crippen molar-refractivity contribution in [2.24, 2.45) is 0 Å². The fourth-order valence-corrected chi connectivity index (χ4v) is 4.02. The Bertz CT molecular complexity index is 1390. The number of benzene rings is 3. The smallest absolute Gasteiger partial charge is 0.335 e. The molecule has 0 radical (unpaired) electrons.